The van der Waals surface area contributed by atoms with E-state index in [1.807, 2.05) is 0 Å². The minimum Gasteiger partial charge on any atom is -0.462 e. The summed E-state index contributed by atoms with van der Waals surface area (Å²) in [4.78, 5) is 38.2. The molecule has 0 aromatic heterocycles. The van der Waals surface area contributed by atoms with Crippen molar-refractivity contribution >= 4 is 17.9 Å². The second-order valence-corrected chi connectivity index (χ2v) is 21.0. The van der Waals surface area contributed by atoms with Gasteiger partial charge in [0.05, 0.1) is 0 Å². The van der Waals surface area contributed by atoms with E-state index in [1.54, 1.807) is 0 Å². The average Bonchev–Trinajstić information content (AvgIpc) is 3.36. The molecular weight excluding hydrogens is 865 g/mol. The Morgan fingerprint density at radius 1 is 0.286 bits per heavy atom. The summed E-state index contributed by atoms with van der Waals surface area (Å²) in [5, 5.41) is 0. The number of allylic oxidation sites excluding steroid dienone is 6. The first-order valence-electron chi connectivity index (χ1n) is 31.0. The molecule has 0 aliphatic rings. The summed E-state index contributed by atoms with van der Waals surface area (Å²) in [6.07, 6.45) is 71.4. The minimum atomic E-state index is -0.769. The zero-order valence-electron chi connectivity index (χ0n) is 47.1. The van der Waals surface area contributed by atoms with Crippen LogP contribution in [0.1, 0.15) is 335 Å². The Kier molecular flexibility index (Phi) is 57.2. The molecule has 0 aliphatic heterocycles. The van der Waals surface area contributed by atoms with Gasteiger partial charge in [-0.05, 0) is 57.8 Å². The van der Waals surface area contributed by atoms with Crippen LogP contribution >= 0.6 is 0 Å². The molecule has 0 saturated carbocycles. The fourth-order valence-corrected chi connectivity index (χ4v) is 9.22. The van der Waals surface area contributed by atoms with Gasteiger partial charge in [-0.25, -0.2) is 0 Å². The highest BCUT2D eigenvalue weighted by molar-refractivity contribution is 5.71. The van der Waals surface area contributed by atoms with E-state index in [4.69, 9.17) is 14.2 Å². The number of ether oxygens (including phenoxy) is 3. The molecule has 0 rings (SSSR count). The molecule has 70 heavy (non-hydrogen) atoms. The van der Waals surface area contributed by atoms with Crippen molar-refractivity contribution in [3.05, 3.63) is 36.5 Å². The van der Waals surface area contributed by atoms with Crippen LogP contribution in [-0.2, 0) is 28.6 Å². The van der Waals surface area contributed by atoms with Gasteiger partial charge in [0.1, 0.15) is 13.2 Å². The van der Waals surface area contributed by atoms with Gasteiger partial charge >= 0.3 is 17.9 Å². The minimum absolute atomic E-state index is 0.0679. The molecule has 0 aromatic carbocycles. The SMILES string of the molecule is CCCCCCC/C=C\C/C=C\C/C=C\CCCCCCCCCCCCC(=O)OCC(COC(=O)CCCCCCCCCCCCC)OC(=O)CCCCCCCCCCCCCCCCCC. The number of hydrogen-bond donors (Lipinski definition) is 0. The van der Waals surface area contributed by atoms with Crippen LogP contribution in [0.3, 0.4) is 0 Å². The number of carbonyl (C=O) groups excluding carboxylic acids is 3. The molecule has 0 fully saturated rings. The maximum atomic E-state index is 12.9. The lowest BCUT2D eigenvalue weighted by molar-refractivity contribution is -0.167. The third-order valence-corrected chi connectivity index (χ3v) is 13.9. The maximum Gasteiger partial charge on any atom is 0.306 e. The number of unbranched alkanes of at least 4 members (excludes halogenated alkanes) is 40. The molecule has 0 amide bonds. The molecule has 0 bridgehead atoms. The van der Waals surface area contributed by atoms with Crippen LogP contribution in [0.5, 0.6) is 0 Å². The Morgan fingerprint density at radius 3 is 0.800 bits per heavy atom. The van der Waals surface area contributed by atoms with Gasteiger partial charge in [0.25, 0.3) is 0 Å². The third-order valence-electron chi connectivity index (χ3n) is 13.9. The van der Waals surface area contributed by atoms with Crippen LogP contribution in [0.4, 0.5) is 0 Å². The van der Waals surface area contributed by atoms with Crippen molar-refractivity contribution < 1.29 is 28.6 Å². The Bertz CT molecular complexity index is 1170. The zero-order valence-corrected chi connectivity index (χ0v) is 47.1. The normalized spacial score (nSPS) is 12.2. The van der Waals surface area contributed by atoms with E-state index in [0.717, 1.165) is 70.6 Å². The van der Waals surface area contributed by atoms with Crippen molar-refractivity contribution in [1.29, 1.82) is 0 Å². The highest BCUT2D eigenvalue weighted by atomic mass is 16.6. The first-order valence-corrected chi connectivity index (χ1v) is 31.0. The third kappa shape index (κ3) is 56.5. The van der Waals surface area contributed by atoms with Crippen LogP contribution in [0.2, 0.25) is 0 Å². The highest BCUT2D eigenvalue weighted by Crippen LogP contribution is 2.17. The van der Waals surface area contributed by atoms with E-state index in [0.29, 0.717) is 19.3 Å². The van der Waals surface area contributed by atoms with E-state index in [2.05, 4.69) is 57.2 Å². The van der Waals surface area contributed by atoms with E-state index in [9.17, 15) is 14.4 Å². The average molecular weight is 984 g/mol. The second kappa shape index (κ2) is 59.2. The lowest BCUT2D eigenvalue weighted by Gasteiger charge is -2.18. The summed E-state index contributed by atoms with van der Waals surface area (Å²) in [7, 11) is 0. The molecule has 0 saturated heterocycles. The molecule has 410 valence electrons. The van der Waals surface area contributed by atoms with Crippen molar-refractivity contribution in [2.75, 3.05) is 13.2 Å². The van der Waals surface area contributed by atoms with Gasteiger partial charge in [-0.15, -0.1) is 0 Å². The van der Waals surface area contributed by atoms with E-state index in [-0.39, 0.29) is 31.1 Å². The number of hydrogen-bond acceptors (Lipinski definition) is 6. The zero-order chi connectivity index (χ0) is 50.7. The van der Waals surface area contributed by atoms with Gasteiger partial charge in [-0.2, -0.15) is 0 Å². The monoisotopic (exact) mass is 983 g/mol. The van der Waals surface area contributed by atoms with Crippen LogP contribution in [0.25, 0.3) is 0 Å². The Balaban J connectivity index is 4.23. The lowest BCUT2D eigenvalue weighted by Crippen LogP contribution is -2.30. The van der Waals surface area contributed by atoms with Crippen LogP contribution in [0.15, 0.2) is 36.5 Å². The van der Waals surface area contributed by atoms with E-state index in [1.165, 1.54) is 225 Å². The summed E-state index contributed by atoms with van der Waals surface area (Å²) in [5.74, 6) is -0.851. The molecule has 0 N–H and O–H groups in total. The number of rotatable bonds is 57. The predicted molar refractivity (Wildman–Crippen MR) is 302 cm³/mol. The Labute approximate surface area is 435 Å². The molecule has 0 aromatic rings. The Hall–Kier alpha value is -2.37. The van der Waals surface area contributed by atoms with Gasteiger partial charge in [0.15, 0.2) is 6.10 Å². The number of carbonyl (C=O) groups is 3. The largest absolute Gasteiger partial charge is 0.462 e. The Morgan fingerprint density at radius 2 is 0.514 bits per heavy atom. The van der Waals surface area contributed by atoms with Crippen LogP contribution < -0.4 is 0 Å². The van der Waals surface area contributed by atoms with Gasteiger partial charge in [-0.1, -0.05) is 295 Å². The van der Waals surface area contributed by atoms with Gasteiger partial charge < -0.3 is 14.2 Å². The molecule has 0 aliphatic carbocycles. The molecular formula is C64H118O6. The second-order valence-electron chi connectivity index (χ2n) is 21.0. The summed E-state index contributed by atoms with van der Waals surface area (Å²) in [6.45, 7) is 6.67. The van der Waals surface area contributed by atoms with Crippen molar-refractivity contribution in [2.24, 2.45) is 0 Å². The summed E-state index contributed by atoms with van der Waals surface area (Å²) in [6, 6.07) is 0. The van der Waals surface area contributed by atoms with Gasteiger partial charge in [-0.3, -0.25) is 14.4 Å². The first kappa shape index (κ1) is 67.6. The van der Waals surface area contributed by atoms with Crippen LogP contribution in [-0.4, -0.2) is 37.2 Å². The summed E-state index contributed by atoms with van der Waals surface area (Å²) >= 11 is 0. The number of esters is 3. The lowest BCUT2D eigenvalue weighted by atomic mass is 10.0. The topological polar surface area (TPSA) is 78.9 Å². The first-order chi connectivity index (χ1) is 34.5. The smallest absolute Gasteiger partial charge is 0.306 e. The van der Waals surface area contributed by atoms with Crippen molar-refractivity contribution in [2.45, 2.75) is 341 Å². The quantitative estimate of drug-likeness (QED) is 0.0261. The van der Waals surface area contributed by atoms with Crippen molar-refractivity contribution in [3.8, 4) is 0 Å². The standard InChI is InChI=1S/C64H118O6/c1-4-7-10-13-16-19-22-24-26-28-29-30-31-32-33-34-35-36-38-39-42-45-48-51-54-57-63(66)69-60-61(59-68-62(65)56-53-50-47-44-41-21-18-15-12-9-6-3)70-64(67)58-55-52-49-46-43-40-37-27-25-23-20-17-14-11-8-5-2/h22,24,28-29,31-32,61H,4-21,23,25-27,30,33-60H2,1-3H3/b24-22-,29-28-,32-31-. The fourth-order valence-electron chi connectivity index (χ4n) is 9.22. The maximum absolute atomic E-state index is 12.9. The summed E-state index contributed by atoms with van der Waals surface area (Å²) < 4.78 is 16.9. The van der Waals surface area contributed by atoms with Crippen molar-refractivity contribution in [3.63, 3.8) is 0 Å². The molecule has 0 radical (unpaired) electrons. The van der Waals surface area contributed by atoms with Crippen molar-refractivity contribution in [1.82, 2.24) is 0 Å². The molecule has 0 heterocycles. The van der Waals surface area contributed by atoms with Crippen LogP contribution in [0, 0.1) is 0 Å². The summed E-state index contributed by atoms with van der Waals surface area (Å²) in [5.41, 5.74) is 0. The molecule has 1 atom stereocenters. The predicted octanol–water partition coefficient (Wildman–Crippen LogP) is 20.8. The van der Waals surface area contributed by atoms with Gasteiger partial charge in [0, 0.05) is 19.3 Å². The molecule has 0 spiro atoms. The van der Waals surface area contributed by atoms with Gasteiger partial charge in [0.2, 0.25) is 0 Å². The van der Waals surface area contributed by atoms with E-state index < -0.39 is 6.10 Å². The molecule has 1 unspecified atom stereocenters. The molecule has 6 nitrogen and oxygen atoms in total. The fraction of sp³-hybridized carbons (Fsp3) is 0.859. The molecule has 6 heteroatoms. The van der Waals surface area contributed by atoms with E-state index >= 15 is 0 Å². The highest BCUT2D eigenvalue weighted by Gasteiger charge is 2.19.